The number of allylic oxidation sites excluding steroid dienone is 1. The Morgan fingerprint density at radius 1 is 1.25 bits per heavy atom. The first-order chi connectivity index (χ1) is 17.2. The molecule has 2 aromatic carbocycles. The molecule has 0 fully saturated rings. The summed E-state index contributed by atoms with van der Waals surface area (Å²) < 4.78 is 24.1. The van der Waals surface area contributed by atoms with Gasteiger partial charge in [-0.15, -0.1) is 0 Å². The third-order valence-electron chi connectivity index (χ3n) is 5.15. The van der Waals surface area contributed by atoms with Crippen LogP contribution in [0.5, 0.6) is 5.75 Å². The second-order valence-corrected chi connectivity index (χ2v) is 9.19. The summed E-state index contributed by atoms with van der Waals surface area (Å²) in [5, 5.41) is 15.3. The third-order valence-corrected chi connectivity index (χ3v) is 6.73. The lowest BCUT2D eigenvalue weighted by atomic mass is 9.78. The van der Waals surface area contributed by atoms with Crippen LogP contribution in [0.2, 0.25) is 10.0 Å². The Hall–Kier alpha value is -3.26. The summed E-state index contributed by atoms with van der Waals surface area (Å²) in [5.74, 6) is -5.31. The lowest BCUT2D eigenvalue weighted by Gasteiger charge is -2.31. The number of nitrogens with zero attached hydrogens (tertiary/aromatic N) is 1. The number of carbonyl (C=O) groups is 3. The van der Waals surface area contributed by atoms with E-state index in [4.69, 9.17) is 32.7 Å². The topological polar surface area (TPSA) is 118 Å². The molecule has 12 heteroatoms. The third kappa shape index (κ3) is 5.93. The van der Waals surface area contributed by atoms with E-state index in [0.29, 0.717) is 12.2 Å². The molecule has 0 unspecified atom stereocenters. The van der Waals surface area contributed by atoms with Crippen LogP contribution in [0, 0.1) is 23.1 Å². The molecule has 8 nitrogen and oxygen atoms in total. The zero-order valence-corrected chi connectivity index (χ0v) is 21.4. The van der Waals surface area contributed by atoms with Crippen LogP contribution in [0.3, 0.4) is 0 Å². The summed E-state index contributed by atoms with van der Waals surface area (Å²) in [5.41, 5.74) is 0.307. The molecule has 1 aliphatic rings. The van der Waals surface area contributed by atoms with Gasteiger partial charge in [0, 0.05) is 5.92 Å². The Balaban J connectivity index is 1.98. The fraction of sp³-hybridized carbons (Fsp3) is 0.250. The maximum Gasteiger partial charge on any atom is 0.319 e. The van der Waals surface area contributed by atoms with Crippen LogP contribution < -0.4 is 15.4 Å². The quantitative estimate of drug-likeness (QED) is 0.362. The average molecular weight is 552 g/mol. The lowest BCUT2D eigenvalue weighted by Crippen LogP contribution is -2.44. The van der Waals surface area contributed by atoms with Crippen molar-refractivity contribution in [2.75, 3.05) is 24.8 Å². The van der Waals surface area contributed by atoms with Gasteiger partial charge in [0.1, 0.15) is 11.7 Å². The molecule has 36 heavy (non-hydrogen) atoms. The molecule has 0 saturated heterocycles. The summed E-state index contributed by atoms with van der Waals surface area (Å²) in [6, 6.07) is 10.6. The van der Waals surface area contributed by atoms with Gasteiger partial charge in [0.2, 0.25) is 11.8 Å². The fourth-order valence-corrected chi connectivity index (χ4v) is 5.07. The smallest absolute Gasteiger partial charge is 0.319 e. The minimum atomic E-state index is -1.41. The Labute approximate surface area is 220 Å². The Morgan fingerprint density at radius 2 is 1.92 bits per heavy atom. The number of thioether (sulfide) groups is 1. The van der Waals surface area contributed by atoms with Gasteiger partial charge in [0.05, 0.1) is 51.9 Å². The number of hydrogen-bond acceptors (Lipinski definition) is 7. The van der Waals surface area contributed by atoms with Gasteiger partial charge in [0.15, 0.2) is 5.75 Å². The van der Waals surface area contributed by atoms with E-state index < -0.39 is 35.4 Å². The molecule has 1 heterocycles. The van der Waals surface area contributed by atoms with E-state index in [9.17, 15) is 24.0 Å². The normalized spacial score (nSPS) is 17.2. The number of methoxy groups -OCH3 is 1. The summed E-state index contributed by atoms with van der Waals surface area (Å²) in [7, 11) is 1.12. The second kappa shape index (κ2) is 12.1. The van der Waals surface area contributed by atoms with E-state index in [0.717, 1.165) is 18.9 Å². The van der Waals surface area contributed by atoms with Crippen molar-refractivity contribution in [3.63, 3.8) is 0 Å². The maximum atomic E-state index is 13.8. The van der Waals surface area contributed by atoms with Gasteiger partial charge in [-0.25, -0.2) is 4.39 Å². The number of nitrogens with one attached hydrogen (secondary N) is 2. The molecule has 1 aliphatic heterocycles. The summed E-state index contributed by atoms with van der Waals surface area (Å²) >= 11 is 13.5. The average Bonchev–Trinajstić information content (AvgIpc) is 2.85. The Kier molecular flexibility index (Phi) is 9.20. The number of carbonyl (C=O) groups excluding carboxylic acids is 3. The highest BCUT2D eigenvalue weighted by atomic mass is 35.5. The lowest BCUT2D eigenvalue weighted by molar-refractivity contribution is -0.150. The fourth-order valence-electron chi connectivity index (χ4n) is 3.61. The monoisotopic (exact) mass is 551 g/mol. The van der Waals surface area contributed by atoms with Gasteiger partial charge in [0.25, 0.3) is 0 Å². The van der Waals surface area contributed by atoms with E-state index >= 15 is 0 Å². The van der Waals surface area contributed by atoms with E-state index in [-0.39, 0.29) is 37.8 Å². The van der Waals surface area contributed by atoms with Gasteiger partial charge < -0.3 is 20.1 Å². The number of hydrogen-bond donors (Lipinski definition) is 2. The van der Waals surface area contributed by atoms with Crippen molar-refractivity contribution < 1.29 is 28.2 Å². The van der Waals surface area contributed by atoms with Crippen molar-refractivity contribution in [3.8, 4) is 11.8 Å². The van der Waals surface area contributed by atoms with Crippen LogP contribution >= 0.6 is 35.0 Å². The molecule has 2 atom stereocenters. The predicted molar refractivity (Wildman–Crippen MR) is 134 cm³/mol. The van der Waals surface area contributed by atoms with E-state index in [1.807, 2.05) is 6.07 Å². The van der Waals surface area contributed by atoms with Gasteiger partial charge in [-0.1, -0.05) is 47.1 Å². The molecule has 0 spiro atoms. The van der Waals surface area contributed by atoms with Gasteiger partial charge in [-0.3, -0.25) is 14.4 Å². The summed E-state index contributed by atoms with van der Waals surface area (Å²) in [6.45, 7) is 2.05. The molecule has 3 rings (SSSR count). The number of benzene rings is 2. The largest absolute Gasteiger partial charge is 0.491 e. The van der Waals surface area contributed by atoms with Gasteiger partial charge in [-0.2, -0.15) is 5.26 Å². The minimum absolute atomic E-state index is 0.00462. The molecule has 0 radical (unpaired) electrons. The van der Waals surface area contributed by atoms with Crippen molar-refractivity contribution in [3.05, 3.63) is 68.4 Å². The molecule has 188 valence electrons. The highest BCUT2D eigenvalue weighted by molar-refractivity contribution is 8.03. The minimum Gasteiger partial charge on any atom is -0.491 e. The molecular weight excluding hydrogens is 532 g/mol. The first-order valence-electron chi connectivity index (χ1n) is 10.5. The van der Waals surface area contributed by atoms with Gasteiger partial charge in [-0.05, 0) is 36.8 Å². The number of anilines is 1. The number of halogens is 3. The van der Waals surface area contributed by atoms with Crippen LogP contribution in [0.15, 0.2) is 47.0 Å². The summed E-state index contributed by atoms with van der Waals surface area (Å²) in [6.07, 6.45) is 0. The Bertz CT molecular complexity index is 1260. The van der Waals surface area contributed by atoms with Crippen molar-refractivity contribution in [1.29, 1.82) is 5.26 Å². The molecule has 0 saturated carbocycles. The number of amides is 2. The summed E-state index contributed by atoms with van der Waals surface area (Å²) in [4.78, 5) is 37.9. The standard InChI is InChI=1S/C24H20Cl2FN3O5S/c1-3-35-21-14(25)8-12(9-15(21)26)19-13(10-28)23(30-22(32)20(19)24(33)34-2)36-11-18(31)29-17-7-5-4-6-16(17)27/h4-9,19-20H,3,11H2,1-2H3,(H,29,31)(H,30,32)/t19-,20-/m0/s1. The van der Waals surface area contributed by atoms with E-state index in [1.165, 1.54) is 30.3 Å². The van der Waals surface area contributed by atoms with Crippen LogP contribution in [0.25, 0.3) is 0 Å². The van der Waals surface area contributed by atoms with E-state index in [1.54, 1.807) is 13.0 Å². The molecular formula is C24H20Cl2FN3O5S. The number of para-hydroxylation sites is 1. The maximum absolute atomic E-state index is 13.8. The first kappa shape index (κ1) is 27.3. The van der Waals surface area contributed by atoms with Crippen LogP contribution in [-0.4, -0.2) is 37.3 Å². The van der Waals surface area contributed by atoms with Crippen LogP contribution in [0.1, 0.15) is 18.4 Å². The SMILES string of the molecule is CCOc1c(Cl)cc([C@H]2C(C#N)=C(SCC(=O)Nc3ccccc3F)NC(=O)[C@H]2C(=O)OC)cc1Cl. The van der Waals surface area contributed by atoms with Crippen molar-refractivity contribution >= 4 is 58.4 Å². The number of ether oxygens (including phenoxy) is 2. The van der Waals surface area contributed by atoms with Crippen molar-refractivity contribution in [2.24, 2.45) is 5.92 Å². The van der Waals surface area contributed by atoms with Crippen LogP contribution in [0.4, 0.5) is 10.1 Å². The van der Waals surface area contributed by atoms with Crippen molar-refractivity contribution in [1.82, 2.24) is 5.32 Å². The van der Waals surface area contributed by atoms with E-state index in [2.05, 4.69) is 10.6 Å². The van der Waals surface area contributed by atoms with Gasteiger partial charge >= 0.3 is 5.97 Å². The molecule has 2 aromatic rings. The molecule has 0 aromatic heterocycles. The second-order valence-electron chi connectivity index (χ2n) is 7.39. The molecule has 2 amide bonds. The van der Waals surface area contributed by atoms with Crippen molar-refractivity contribution in [2.45, 2.75) is 12.8 Å². The molecule has 0 bridgehead atoms. The zero-order valence-electron chi connectivity index (χ0n) is 19.1. The first-order valence-corrected chi connectivity index (χ1v) is 12.3. The highest BCUT2D eigenvalue weighted by Gasteiger charge is 2.44. The zero-order chi connectivity index (χ0) is 26.4. The molecule has 0 aliphatic carbocycles. The number of nitriles is 1. The van der Waals surface area contributed by atoms with Crippen LogP contribution in [-0.2, 0) is 19.1 Å². The number of rotatable bonds is 8. The highest BCUT2D eigenvalue weighted by Crippen LogP contribution is 2.44. The predicted octanol–water partition coefficient (Wildman–Crippen LogP) is 4.64. The number of esters is 1. The molecule has 2 N–H and O–H groups in total. The Morgan fingerprint density at radius 3 is 2.50 bits per heavy atom.